The van der Waals surface area contributed by atoms with Crippen molar-refractivity contribution in [1.82, 2.24) is 5.32 Å². The predicted octanol–water partition coefficient (Wildman–Crippen LogP) is 2.87. The molecule has 0 spiro atoms. The minimum atomic E-state index is -0.740. The molecule has 0 saturated heterocycles. The number of carbonyl (C=O) groups is 2. The third-order valence-electron chi connectivity index (χ3n) is 4.22. The second-order valence-corrected chi connectivity index (χ2v) is 6.12. The Morgan fingerprint density at radius 3 is 1.96 bits per heavy atom. The Morgan fingerprint density at radius 1 is 0.962 bits per heavy atom. The van der Waals surface area contributed by atoms with Gasteiger partial charge in [-0.25, -0.2) is 0 Å². The third-order valence-corrected chi connectivity index (χ3v) is 4.22. The smallest absolute Gasteiger partial charge is 0.240 e. The van der Waals surface area contributed by atoms with Crippen LogP contribution in [0, 0.1) is 11.3 Å². The molecule has 2 aromatic rings. The van der Waals surface area contributed by atoms with Crippen molar-refractivity contribution < 1.29 is 9.59 Å². The first-order chi connectivity index (χ1) is 12.6. The van der Waals surface area contributed by atoms with Gasteiger partial charge in [0.1, 0.15) is 6.04 Å². The van der Waals surface area contributed by atoms with Crippen LogP contribution in [0.4, 0.5) is 0 Å². The first kappa shape index (κ1) is 19.2. The van der Waals surface area contributed by atoms with Crippen LogP contribution in [0.2, 0.25) is 0 Å². The Hall–Kier alpha value is -3.13. The number of carbonyl (C=O) groups excluding carboxylic acids is 2. The summed E-state index contributed by atoms with van der Waals surface area (Å²) in [6, 6.07) is 20.2. The van der Waals surface area contributed by atoms with Gasteiger partial charge in [-0.1, -0.05) is 60.7 Å². The molecule has 0 heterocycles. The standard InChI is InChI=1S/C21H23N3O2/c22-15-9-3-8-14-18(20(23)25)24-21(26)19(16-10-4-1-5-11-16)17-12-6-2-7-13-17/h1-2,4-7,10-13,18-19H,3,8-9,14H2,(H2,23,25)(H,24,26)/t18-/m1/s1. The lowest BCUT2D eigenvalue weighted by atomic mass is 9.90. The molecule has 0 saturated carbocycles. The molecule has 2 amide bonds. The van der Waals surface area contributed by atoms with Crippen LogP contribution in [-0.4, -0.2) is 17.9 Å². The summed E-state index contributed by atoms with van der Waals surface area (Å²) in [6.07, 6.45) is 2.19. The van der Waals surface area contributed by atoms with Crippen LogP contribution in [-0.2, 0) is 9.59 Å². The maximum atomic E-state index is 13.0. The summed E-state index contributed by atoms with van der Waals surface area (Å²) < 4.78 is 0. The first-order valence-electron chi connectivity index (χ1n) is 8.70. The van der Waals surface area contributed by atoms with Crippen molar-refractivity contribution in [3.05, 3.63) is 71.8 Å². The molecule has 2 aromatic carbocycles. The minimum Gasteiger partial charge on any atom is -0.368 e. The monoisotopic (exact) mass is 349 g/mol. The number of unbranched alkanes of at least 4 members (excludes halogenated alkanes) is 2. The molecule has 5 heteroatoms. The number of rotatable bonds is 9. The van der Waals surface area contributed by atoms with Crippen LogP contribution >= 0.6 is 0 Å². The van der Waals surface area contributed by atoms with Crippen LogP contribution in [0.15, 0.2) is 60.7 Å². The van der Waals surface area contributed by atoms with E-state index >= 15 is 0 Å². The Morgan fingerprint density at radius 2 is 1.50 bits per heavy atom. The molecule has 0 radical (unpaired) electrons. The quantitative estimate of drug-likeness (QED) is 0.681. The summed E-state index contributed by atoms with van der Waals surface area (Å²) in [5.74, 6) is -1.33. The summed E-state index contributed by atoms with van der Waals surface area (Å²) in [5.41, 5.74) is 7.16. The van der Waals surface area contributed by atoms with Crippen molar-refractivity contribution in [1.29, 1.82) is 5.26 Å². The van der Waals surface area contributed by atoms with E-state index in [1.165, 1.54) is 0 Å². The van der Waals surface area contributed by atoms with Crippen LogP contribution < -0.4 is 11.1 Å². The fourth-order valence-electron chi connectivity index (χ4n) is 2.88. The number of hydrogen-bond acceptors (Lipinski definition) is 3. The van der Waals surface area contributed by atoms with Crippen molar-refractivity contribution >= 4 is 11.8 Å². The molecule has 0 aromatic heterocycles. The van der Waals surface area contributed by atoms with Crippen molar-refractivity contribution in [2.75, 3.05) is 0 Å². The lowest BCUT2D eigenvalue weighted by Crippen LogP contribution is -2.46. The molecule has 134 valence electrons. The van der Waals surface area contributed by atoms with E-state index < -0.39 is 17.9 Å². The molecule has 2 rings (SSSR count). The molecule has 3 N–H and O–H groups in total. The van der Waals surface area contributed by atoms with Gasteiger partial charge < -0.3 is 11.1 Å². The van der Waals surface area contributed by atoms with E-state index in [0.29, 0.717) is 25.7 Å². The third kappa shape index (κ3) is 5.45. The minimum absolute atomic E-state index is 0.258. The number of benzene rings is 2. The second kappa shape index (κ2) is 10.00. The Kier molecular flexibility index (Phi) is 7.38. The zero-order valence-electron chi connectivity index (χ0n) is 14.6. The van der Waals surface area contributed by atoms with E-state index in [0.717, 1.165) is 11.1 Å². The molecule has 0 aliphatic rings. The van der Waals surface area contributed by atoms with Gasteiger partial charge in [-0.3, -0.25) is 9.59 Å². The van der Waals surface area contributed by atoms with Crippen LogP contribution in [0.25, 0.3) is 0 Å². The van der Waals surface area contributed by atoms with Gasteiger partial charge in [0, 0.05) is 6.42 Å². The summed E-state index contributed by atoms with van der Waals surface area (Å²) in [4.78, 5) is 24.7. The lowest BCUT2D eigenvalue weighted by molar-refractivity contribution is -0.127. The summed E-state index contributed by atoms with van der Waals surface area (Å²) in [5, 5.41) is 11.4. The molecule has 0 unspecified atom stereocenters. The Labute approximate surface area is 153 Å². The van der Waals surface area contributed by atoms with Crippen LogP contribution in [0.3, 0.4) is 0 Å². The number of nitrogens with two attached hydrogens (primary N) is 1. The van der Waals surface area contributed by atoms with Crippen molar-refractivity contribution in [2.24, 2.45) is 5.73 Å². The number of amides is 2. The van der Waals surface area contributed by atoms with E-state index in [2.05, 4.69) is 11.4 Å². The normalized spacial score (nSPS) is 11.5. The van der Waals surface area contributed by atoms with E-state index in [4.69, 9.17) is 11.0 Å². The Balaban J connectivity index is 2.18. The van der Waals surface area contributed by atoms with Gasteiger partial charge in [0.15, 0.2) is 0 Å². The molecule has 0 aliphatic carbocycles. The highest BCUT2D eigenvalue weighted by Gasteiger charge is 2.26. The molecule has 5 nitrogen and oxygen atoms in total. The molecule has 0 bridgehead atoms. The van der Waals surface area contributed by atoms with Gasteiger partial charge in [-0.2, -0.15) is 5.26 Å². The number of nitriles is 1. The summed E-state index contributed by atoms with van der Waals surface area (Å²) >= 11 is 0. The van der Waals surface area contributed by atoms with Gasteiger partial charge in [0.25, 0.3) is 0 Å². The summed E-state index contributed by atoms with van der Waals surface area (Å²) in [6.45, 7) is 0. The number of nitrogens with zero attached hydrogens (tertiary/aromatic N) is 1. The highest BCUT2D eigenvalue weighted by Crippen LogP contribution is 2.25. The van der Waals surface area contributed by atoms with E-state index in [9.17, 15) is 9.59 Å². The topological polar surface area (TPSA) is 96.0 Å². The molecular formula is C21H23N3O2. The van der Waals surface area contributed by atoms with Gasteiger partial charge in [-0.05, 0) is 30.4 Å². The zero-order chi connectivity index (χ0) is 18.8. The van der Waals surface area contributed by atoms with Gasteiger partial charge >= 0.3 is 0 Å². The van der Waals surface area contributed by atoms with Gasteiger partial charge in [-0.15, -0.1) is 0 Å². The van der Waals surface area contributed by atoms with E-state index in [1.54, 1.807) is 0 Å². The van der Waals surface area contributed by atoms with Crippen LogP contribution in [0.1, 0.15) is 42.7 Å². The van der Waals surface area contributed by atoms with Crippen LogP contribution in [0.5, 0.6) is 0 Å². The zero-order valence-corrected chi connectivity index (χ0v) is 14.6. The van der Waals surface area contributed by atoms with Crippen molar-refractivity contribution in [2.45, 2.75) is 37.6 Å². The first-order valence-corrected chi connectivity index (χ1v) is 8.70. The highest BCUT2D eigenvalue weighted by molar-refractivity contribution is 5.91. The maximum absolute atomic E-state index is 13.0. The molecular weight excluding hydrogens is 326 g/mol. The number of primary amides is 1. The van der Waals surface area contributed by atoms with Gasteiger partial charge in [0.05, 0.1) is 12.0 Å². The van der Waals surface area contributed by atoms with Gasteiger partial charge in [0.2, 0.25) is 11.8 Å². The molecule has 0 fully saturated rings. The lowest BCUT2D eigenvalue weighted by Gasteiger charge is -2.21. The average molecular weight is 349 g/mol. The molecule has 26 heavy (non-hydrogen) atoms. The highest BCUT2D eigenvalue weighted by atomic mass is 16.2. The molecule has 0 aliphatic heterocycles. The van der Waals surface area contributed by atoms with Crippen molar-refractivity contribution in [3.8, 4) is 6.07 Å². The fourth-order valence-corrected chi connectivity index (χ4v) is 2.88. The largest absolute Gasteiger partial charge is 0.368 e. The number of nitrogens with one attached hydrogen (secondary N) is 1. The average Bonchev–Trinajstić information content (AvgIpc) is 2.66. The SMILES string of the molecule is N#CCCCC[C@@H](NC(=O)C(c1ccccc1)c1ccccc1)C(N)=O. The number of hydrogen-bond donors (Lipinski definition) is 2. The predicted molar refractivity (Wildman–Crippen MR) is 99.9 cm³/mol. The van der Waals surface area contributed by atoms with E-state index in [1.807, 2.05) is 60.7 Å². The summed E-state index contributed by atoms with van der Waals surface area (Å²) in [7, 11) is 0. The van der Waals surface area contributed by atoms with E-state index in [-0.39, 0.29) is 5.91 Å². The second-order valence-electron chi connectivity index (χ2n) is 6.12. The maximum Gasteiger partial charge on any atom is 0.240 e. The van der Waals surface area contributed by atoms with Crippen molar-refractivity contribution in [3.63, 3.8) is 0 Å². The Bertz CT molecular complexity index is 714. The fraction of sp³-hybridized carbons (Fsp3) is 0.286. The molecule has 1 atom stereocenters.